The molecule has 1 heterocycles. The molecule has 0 fully saturated rings. The fourth-order valence-corrected chi connectivity index (χ4v) is 1.97. The Morgan fingerprint density at radius 3 is 2.59 bits per heavy atom. The molecule has 0 saturated carbocycles. The fourth-order valence-electron chi connectivity index (χ4n) is 1.43. The maximum atomic E-state index is 11.7. The third-order valence-corrected chi connectivity index (χ3v) is 3.03. The van der Waals surface area contributed by atoms with Crippen molar-refractivity contribution in [2.45, 2.75) is 20.3 Å². The molecule has 1 aromatic rings. The second-order valence-corrected chi connectivity index (χ2v) is 5.54. The zero-order valence-corrected chi connectivity index (χ0v) is 10.6. The summed E-state index contributed by atoms with van der Waals surface area (Å²) in [7, 11) is -3.46. The second-order valence-electron chi connectivity index (χ2n) is 3.80. The molecular weight excluding hydrogens is 244 g/mol. The first-order chi connectivity index (χ1) is 7.79. The molecule has 17 heavy (non-hydrogen) atoms. The largest absolute Gasteiger partial charge is 0.466 e. The van der Waals surface area contributed by atoms with Crippen LogP contribution in [0.15, 0.2) is 10.5 Å². The van der Waals surface area contributed by atoms with Crippen LogP contribution in [-0.4, -0.2) is 26.6 Å². The molecule has 96 valence electrons. The maximum absolute atomic E-state index is 11.7. The summed E-state index contributed by atoms with van der Waals surface area (Å²) in [6, 6.07) is 1.64. The Hall–Kier alpha value is -1.34. The molecule has 1 amide bonds. The van der Waals surface area contributed by atoms with Gasteiger partial charge in [0.05, 0.1) is 11.3 Å². The predicted molar refractivity (Wildman–Crippen MR) is 63.1 cm³/mol. The van der Waals surface area contributed by atoms with E-state index < -0.39 is 10.0 Å². The number of primary sulfonamides is 1. The van der Waals surface area contributed by atoms with Gasteiger partial charge >= 0.3 is 0 Å². The van der Waals surface area contributed by atoms with Crippen molar-refractivity contribution in [3.8, 4) is 0 Å². The van der Waals surface area contributed by atoms with E-state index in [1.165, 1.54) is 0 Å². The minimum Gasteiger partial charge on any atom is -0.466 e. The van der Waals surface area contributed by atoms with Crippen molar-refractivity contribution in [3.63, 3.8) is 0 Å². The first-order valence-electron chi connectivity index (χ1n) is 5.15. The molecule has 3 N–H and O–H groups in total. The summed E-state index contributed by atoms with van der Waals surface area (Å²) >= 11 is 0. The van der Waals surface area contributed by atoms with Crippen molar-refractivity contribution >= 4 is 15.9 Å². The first-order valence-corrected chi connectivity index (χ1v) is 6.87. The van der Waals surface area contributed by atoms with E-state index in [0.717, 1.165) is 0 Å². The molecular formula is C10H16N2O4S. The fraction of sp³-hybridized carbons (Fsp3) is 0.500. The first kappa shape index (κ1) is 13.7. The molecule has 0 bridgehead atoms. The molecule has 6 nitrogen and oxygen atoms in total. The molecule has 1 aromatic heterocycles. The van der Waals surface area contributed by atoms with Crippen molar-refractivity contribution in [3.05, 3.63) is 23.2 Å². The highest BCUT2D eigenvalue weighted by Crippen LogP contribution is 2.13. The number of rotatable bonds is 5. The standard InChI is InChI=1S/C10H16N2O4S/c1-7-6-9(8(2)16-7)10(13)12-4-3-5-17(11,14)15/h6H,3-5H2,1-2H3,(H,12,13)(H2,11,14,15). The lowest BCUT2D eigenvalue weighted by Gasteiger charge is -2.03. The molecule has 0 aromatic carbocycles. The lowest BCUT2D eigenvalue weighted by atomic mass is 10.2. The van der Waals surface area contributed by atoms with Crippen LogP contribution in [0.1, 0.15) is 28.3 Å². The van der Waals surface area contributed by atoms with Crippen LogP contribution in [0.5, 0.6) is 0 Å². The molecule has 0 aliphatic carbocycles. The molecule has 7 heteroatoms. The van der Waals surface area contributed by atoms with E-state index >= 15 is 0 Å². The summed E-state index contributed by atoms with van der Waals surface area (Å²) in [5.41, 5.74) is 0.470. The number of hydrogen-bond donors (Lipinski definition) is 2. The lowest BCUT2D eigenvalue weighted by Crippen LogP contribution is -2.27. The van der Waals surface area contributed by atoms with Crippen LogP contribution < -0.4 is 10.5 Å². The quantitative estimate of drug-likeness (QED) is 0.743. The topological polar surface area (TPSA) is 102 Å². The smallest absolute Gasteiger partial charge is 0.254 e. The maximum Gasteiger partial charge on any atom is 0.254 e. The van der Waals surface area contributed by atoms with Crippen molar-refractivity contribution in [1.29, 1.82) is 0 Å². The monoisotopic (exact) mass is 260 g/mol. The van der Waals surface area contributed by atoms with E-state index in [4.69, 9.17) is 9.56 Å². The summed E-state index contributed by atoms with van der Waals surface area (Å²) in [4.78, 5) is 11.7. The Labute approximate surface area is 100 Å². The number of sulfonamides is 1. The number of furan rings is 1. The lowest BCUT2D eigenvalue weighted by molar-refractivity contribution is 0.0952. The van der Waals surface area contributed by atoms with Gasteiger partial charge in [0.25, 0.3) is 5.91 Å². The van der Waals surface area contributed by atoms with Gasteiger partial charge in [-0.25, -0.2) is 13.6 Å². The van der Waals surface area contributed by atoms with E-state index in [9.17, 15) is 13.2 Å². The van der Waals surface area contributed by atoms with Crippen LogP contribution in [0.3, 0.4) is 0 Å². The van der Waals surface area contributed by atoms with E-state index in [-0.39, 0.29) is 18.2 Å². The zero-order valence-electron chi connectivity index (χ0n) is 9.82. The Balaban J connectivity index is 2.43. The third kappa shape index (κ3) is 4.58. The third-order valence-electron chi connectivity index (χ3n) is 2.18. The minimum atomic E-state index is -3.46. The Morgan fingerprint density at radius 1 is 1.47 bits per heavy atom. The average molecular weight is 260 g/mol. The van der Waals surface area contributed by atoms with Gasteiger partial charge in [-0.15, -0.1) is 0 Å². The van der Waals surface area contributed by atoms with Crippen LogP contribution in [0.2, 0.25) is 0 Å². The van der Waals surface area contributed by atoms with Crippen LogP contribution >= 0.6 is 0 Å². The molecule has 0 atom stereocenters. The van der Waals surface area contributed by atoms with E-state index in [2.05, 4.69) is 5.32 Å². The predicted octanol–water partition coefficient (Wildman–Crippen LogP) is 0.305. The van der Waals surface area contributed by atoms with Gasteiger partial charge in [-0.05, 0) is 26.3 Å². The number of nitrogens with one attached hydrogen (secondary N) is 1. The minimum absolute atomic E-state index is 0.142. The molecule has 0 saturated heterocycles. The Kier molecular flexibility index (Phi) is 4.30. The van der Waals surface area contributed by atoms with Gasteiger partial charge < -0.3 is 9.73 Å². The van der Waals surface area contributed by atoms with Gasteiger partial charge in [0.1, 0.15) is 11.5 Å². The number of nitrogens with two attached hydrogens (primary N) is 1. The van der Waals surface area contributed by atoms with Gasteiger partial charge in [0, 0.05) is 6.54 Å². The summed E-state index contributed by atoms with van der Waals surface area (Å²) in [6.07, 6.45) is 0.292. The molecule has 0 aliphatic heterocycles. The second kappa shape index (κ2) is 5.33. The highest BCUT2D eigenvalue weighted by molar-refractivity contribution is 7.89. The highest BCUT2D eigenvalue weighted by atomic mass is 32.2. The van der Waals surface area contributed by atoms with Crippen molar-refractivity contribution < 1.29 is 17.6 Å². The Morgan fingerprint density at radius 2 is 2.12 bits per heavy atom. The SMILES string of the molecule is Cc1cc(C(=O)NCCCS(N)(=O)=O)c(C)o1. The molecule has 0 unspecified atom stereocenters. The van der Waals surface area contributed by atoms with Gasteiger partial charge in [-0.2, -0.15) is 0 Å². The van der Waals surface area contributed by atoms with E-state index in [0.29, 0.717) is 23.5 Å². The highest BCUT2D eigenvalue weighted by Gasteiger charge is 2.12. The van der Waals surface area contributed by atoms with Crippen molar-refractivity contribution in [2.75, 3.05) is 12.3 Å². The number of carbonyl (C=O) groups excluding carboxylic acids is 1. The van der Waals surface area contributed by atoms with E-state index in [1.54, 1.807) is 19.9 Å². The van der Waals surface area contributed by atoms with Gasteiger partial charge in [-0.1, -0.05) is 0 Å². The van der Waals surface area contributed by atoms with Gasteiger partial charge in [-0.3, -0.25) is 4.79 Å². The summed E-state index contributed by atoms with van der Waals surface area (Å²) < 4.78 is 26.5. The summed E-state index contributed by atoms with van der Waals surface area (Å²) in [6.45, 7) is 3.72. The Bertz CT molecular complexity index is 504. The number of aryl methyl sites for hydroxylation is 2. The molecule has 0 spiro atoms. The number of carbonyl (C=O) groups is 1. The molecule has 0 radical (unpaired) electrons. The zero-order chi connectivity index (χ0) is 13.1. The number of hydrogen-bond acceptors (Lipinski definition) is 4. The number of amides is 1. The molecule has 0 aliphatic rings. The van der Waals surface area contributed by atoms with Crippen molar-refractivity contribution in [2.24, 2.45) is 5.14 Å². The molecule has 1 rings (SSSR count). The summed E-state index contributed by atoms with van der Waals surface area (Å²) in [5, 5.41) is 7.44. The van der Waals surface area contributed by atoms with Gasteiger partial charge in [0.2, 0.25) is 10.0 Å². The van der Waals surface area contributed by atoms with Crippen LogP contribution in [0.4, 0.5) is 0 Å². The van der Waals surface area contributed by atoms with Crippen LogP contribution in [0.25, 0.3) is 0 Å². The van der Waals surface area contributed by atoms with Crippen molar-refractivity contribution in [1.82, 2.24) is 5.32 Å². The average Bonchev–Trinajstić information content (AvgIpc) is 2.51. The van der Waals surface area contributed by atoms with Crippen LogP contribution in [-0.2, 0) is 10.0 Å². The van der Waals surface area contributed by atoms with E-state index in [1.807, 2.05) is 0 Å². The van der Waals surface area contributed by atoms with Gasteiger partial charge in [0.15, 0.2) is 0 Å². The summed E-state index contributed by atoms with van der Waals surface area (Å²) in [5.74, 6) is 0.800. The van der Waals surface area contributed by atoms with Crippen LogP contribution in [0, 0.1) is 13.8 Å². The normalized spacial score (nSPS) is 11.5.